The Morgan fingerprint density at radius 3 is 2.00 bits per heavy atom. The van der Waals surface area contributed by atoms with Gasteiger partial charge < -0.3 is 11.1 Å². The molecule has 1 aromatic rings. The van der Waals surface area contributed by atoms with Gasteiger partial charge in [-0.15, -0.1) is 0 Å². The molecule has 0 heterocycles. The zero-order valence-corrected chi connectivity index (χ0v) is 9.46. The molecule has 1 rings (SSSR count). The van der Waals surface area contributed by atoms with E-state index in [2.05, 4.69) is 50.4 Å². The standard InChI is InChI=1S/C12H20N2/c1-12(2,3)11(13)9-5-7-10(14-4)8-6-9/h5-8,11,14H,13H2,1-4H3. The van der Waals surface area contributed by atoms with Gasteiger partial charge in [0.05, 0.1) is 0 Å². The molecule has 1 atom stereocenters. The molecule has 0 spiro atoms. The van der Waals surface area contributed by atoms with E-state index in [1.165, 1.54) is 5.56 Å². The van der Waals surface area contributed by atoms with Crippen molar-refractivity contribution in [3.8, 4) is 0 Å². The zero-order valence-electron chi connectivity index (χ0n) is 9.46. The highest BCUT2D eigenvalue weighted by molar-refractivity contribution is 5.44. The van der Waals surface area contributed by atoms with Crippen LogP contribution in [0.4, 0.5) is 5.69 Å². The smallest absolute Gasteiger partial charge is 0.0344 e. The molecular weight excluding hydrogens is 172 g/mol. The highest BCUT2D eigenvalue weighted by Crippen LogP contribution is 2.30. The van der Waals surface area contributed by atoms with Crippen molar-refractivity contribution in [3.63, 3.8) is 0 Å². The lowest BCUT2D eigenvalue weighted by atomic mass is 9.83. The van der Waals surface area contributed by atoms with Crippen LogP contribution in [0, 0.1) is 5.41 Å². The number of benzene rings is 1. The molecule has 0 bridgehead atoms. The first-order valence-corrected chi connectivity index (χ1v) is 4.98. The van der Waals surface area contributed by atoms with Crippen LogP contribution in [0.15, 0.2) is 24.3 Å². The van der Waals surface area contributed by atoms with Gasteiger partial charge in [0.15, 0.2) is 0 Å². The molecule has 0 aliphatic heterocycles. The zero-order chi connectivity index (χ0) is 10.8. The summed E-state index contributed by atoms with van der Waals surface area (Å²) in [6.07, 6.45) is 0. The molecule has 2 nitrogen and oxygen atoms in total. The fraction of sp³-hybridized carbons (Fsp3) is 0.500. The summed E-state index contributed by atoms with van der Waals surface area (Å²) < 4.78 is 0. The Morgan fingerprint density at radius 2 is 1.64 bits per heavy atom. The first-order chi connectivity index (χ1) is 6.45. The van der Waals surface area contributed by atoms with Crippen LogP contribution in [-0.4, -0.2) is 7.05 Å². The Balaban J connectivity index is 2.87. The molecule has 0 saturated carbocycles. The van der Waals surface area contributed by atoms with E-state index in [4.69, 9.17) is 5.73 Å². The number of rotatable bonds is 2. The summed E-state index contributed by atoms with van der Waals surface area (Å²) in [5, 5.41) is 3.09. The first kappa shape index (κ1) is 11.1. The van der Waals surface area contributed by atoms with Crippen LogP contribution >= 0.6 is 0 Å². The number of nitrogens with two attached hydrogens (primary N) is 1. The Kier molecular flexibility index (Phi) is 3.17. The fourth-order valence-corrected chi connectivity index (χ4v) is 1.36. The Labute approximate surface area is 86.5 Å². The van der Waals surface area contributed by atoms with Gasteiger partial charge in [-0.05, 0) is 23.1 Å². The topological polar surface area (TPSA) is 38.0 Å². The molecule has 2 heteroatoms. The molecule has 0 radical (unpaired) electrons. The van der Waals surface area contributed by atoms with Crippen molar-refractivity contribution in [2.45, 2.75) is 26.8 Å². The van der Waals surface area contributed by atoms with E-state index in [-0.39, 0.29) is 11.5 Å². The van der Waals surface area contributed by atoms with Crippen molar-refractivity contribution in [1.82, 2.24) is 0 Å². The Morgan fingerprint density at radius 1 is 1.14 bits per heavy atom. The molecule has 0 aliphatic rings. The SMILES string of the molecule is CNc1ccc(C(N)C(C)(C)C)cc1. The third-order valence-electron chi connectivity index (χ3n) is 2.49. The highest BCUT2D eigenvalue weighted by Gasteiger charge is 2.21. The van der Waals surface area contributed by atoms with E-state index in [1.54, 1.807) is 0 Å². The monoisotopic (exact) mass is 192 g/mol. The summed E-state index contributed by atoms with van der Waals surface area (Å²) in [5.41, 5.74) is 8.57. The van der Waals surface area contributed by atoms with E-state index in [1.807, 2.05) is 7.05 Å². The summed E-state index contributed by atoms with van der Waals surface area (Å²) >= 11 is 0. The van der Waals surface area contributed by atoms with Crippen molar-refractivity contribution in [1.29, 1.82) is 0 Å². The second kappa shape index (κ2) is 4.01. The first-order valence-electron chi connectivity index (χ1n) is 4.98. The Bertz CT molecular complexity index is 282. The number of hydrogen-bond acceptors (Lipinski definition) is 2. The molecule has 3 N–H and O–H groups in total. The maximum Gasteiger partial charge on any atom is 0.0344 e. The Hall–Kier alpha value is -1.02. The lowest BCUT2D eigenvalue weighted by Gasteiger charge is -2.27. The summed E-state index contributed by atoms with van der Waals surface area (Å²) in [5.74, 6) is 0. The van der Waals surface area contributed by atoms with E-state index >= 15 is 0 Å². The lowest BCUT2D eigenvalue weighted by Crippen LogP contribution is -2.26. The van der Waals surface area contributed by atoms with Crippen LogP contribution in [0.2, 0.25) is 0 Å². The van der Waals surface area contributed by atoms with Crippen LogP contribution < -0.4 is 11.1 Å². The summed E-state index contributed by atoms with van der Waals surface area (Å²) in [7, 11) is 1.92. The molecule has 14 heavy (non-hydrogen) atoms. The van der Waals surface area contributed by atoms with Crippen LogP contribution in [0.3, 0.4) is 0 Å². The minimum atomic E-state index is 0.0911. The van der Waals surface area contributed by atoms with Crippen molar-refractivity contribution >= 4 is 5.69 Å². The van der Waals surface area contributed by atoms with Gasteiger partial charge in [-0.1, -0.05) is 32.9 Å². The second-order valence-corrected chi connectivity index (χ2v) is 4.72. The van der Waals surface area contributed by atoms with Crippen molar-refractivity contribution in [3.05, 3.63) is 29.8 Å². The van der Waals surface area contributed by atoms with Crippen molar-refractivity contribution < 1.29 is 0 Å². The number of nitrogens with one attached hydrogen (secondary N) is 1. The summed E-state index contributed by atoms with van der Waals surface area (Å²) in [4.78, 5) is 0. The molecule has 0 aliphatic carbocycles. The molecule has 1 unspecified atom stereocenters. The van der Waals surface area contributed by atoms with Crippen molar-refractivity contribution in [2.75, 3.05) is 12.4 Å². The summed E-state index contributed by atoms with van der Waals surface area (Å²) in [6, 6.07) is 8.37. The quantitative estimate of drug-likeness (QED) is 0.756. The maximum atomic E-state index is 6.14. The maximum absolute atomic E-state index is 6.14. The van der Waals surface area contributed by atoms with Gasteiger partial charge in [0, 0.05) is 18.8 Å². The minimum absolute atomic E-state index is 0.0911. The van der Waals surface area contributed by atoms with Gasteiger partial charge in [-0.25, -0.2) is 0 Å². The normalized spacial score (nSPS) is 13.8. The molecule has 78 valence electrons. The molecule has 1 aromatic carbocycles. The van der Waals surface area contributed by atoms with E-state index in [0.29, 0.717) is 0 Å². The molecular formula is C12H20N2. The van der Waals surface area contributed by atoms with Gasteiger partial charge in [0.2, 0.25) is 0 Å². The van der Waals surface area contributed by atoms with Gasteiger partial charge >= 0.3 is 0 Å². The number of anilines is 1. The van der Waals surface area contributed by atoms with E-state index < -0.39 is 0 Å². The minimum Gasteiger partial charge on any atom is -0.388 e. The fourth-order valence-electron chi connectivity index (χ4n) is 1.36. The molecule has 0 fully saturated rings. The van der Waals surface area contributed by atoms with Crippen molar-refractivity contribution in [2.24, 2.45) is 11.1 Å². The van der Waals surface area contributed by atoms with Crippen LogP contribution in [0.25, 0.3) is 0 Å². The lowest BCUT2D eigenvalue weighted by molar-refractivity contribution is 0.327. The van der Waals surface area contributed by atoms with Crippen LogP contribution in [0.5, 0.6) is 0 Å². The second-order valence-electron chi connectivity index (χ2n) is 4.72. The van der Waals surface area contributed by atoms with Gasteiger partial charge in [-0.3, -0.25) is 0 Å². The number of hydrogen-bond donors (Lipinski definition) is 2. The predicted octanol–water partition coefficient (Wildman–Crippen LogP) is 2.77. The van der Waals surface area contributed by atoms with Crippen LogP contribution in [0.1, 0.15) is 32.4 Å². The van der Waals surface area contributed by atoms with Gasteiger partial charge in [0.25, 0.3) is 0 Å². The summed E-state index contributed by atoms with van der Waals surface area (Å²) in [6.45, 7) is 6.47. The van der Waals surface area contributed by atoms with E-state index in [9.17, 15) is 0 Å². The van der Waals surface area contributed by atoms with Gasteiger partial charge in [0.1, 0.15) is 0 Å². The van der Waals surface area contributed by atoms with Crippen LogP contribution in [-0.2, 0) is 0 Å². The van der Waals surface area contributed by atoms with E-state index in [0.717, 1.165) is 5.69 Å². The third-order valence-corrected chi connectivity index (χ3v) is 2.49. The highest BCUT2D eigenvalue weighted by atomic mass is 14.8. The molecule has 0 amide bonds. The predicted molar refractivity (Wildman–Crippen MR) is 62.4 cm³/mol. The molecule has 0 aromatic heterocycles. The molecule has 0 saturated heterocycles. The average molecular weight is 192 g/mol. The third kappa shape index (κ3) is 2.48. The van der Waals surface area contributed by atoms with Gasteiger partial charge in [-0.2, -0.15) is 0 Å². The average Bonchev–Trinajstić information content (AvgIpc) is 2.15. The largest absolute Gasteiger partial charge is 0.388 e.